The monoisotopic (exact) mass is 564 g/mol. The van der Waals surface area contributed by atoms with Gasteiger partial charge in [-0.15, -0.1) is 0 Å². The molecule has 0 bridgehead atoms. The predicted molar refractivity (Wildman–Crippen MR) is 154 cm³/mol. The molecule has 9 heteroatoms. The Labute approximate surface area is 236 Å². The molecule has 4 rings (SSSR count). The molecule has 2 N–H and O–H groups in total. The van der Waals surface area contributed by atoms with E-state index in [1.54, 1.807) is 37.6 Å². The Balaban J connectivity index is 1.72. The van der Waals surface area contributed by atoms with Gasteiger partial charge in [0.05, 0.1) is 6.20 Å². The number of aliphatic carboxylic acids is 1. The number of ether oxygens (including phenoxy) is 1. The molecule has 0 spiro atoms. The zero-order valence-corrected chi connectivity index (χ0v) is 23.4. The van der Waals surface area contributed by atoms with Crippen molar-refractivity contribution < 1.29 is 23.8 Å². The Morgan fingerprint density at radius 1 is 1.10 bits per heavy atom. The van der Waals surface area contributed by atoms with Crippen molar-refractivity contribution >= 4 is 35.2 Å². The topological polar surface area (TPSA) is 102 Å². The standard InChI is InChI=1S/C30H29ClN2O5S/c1-18-6-4-5-7-22(18)24-16-20(10-13-23(24)28(34)33-25(30(35)36)14-15-39-3)27(37-2)26-17-32-29(38-26)19-8-11-21(31)12-9-19/h4-13,16-17,25,27H,14-15H2,1-3H3,(H,33,34)(H,35,36). The number of nitrogens with one attached hydrogen (secondary N) is 1. The van der Waals surface area contributed by atoms with Gasteiger partial charge in [0.15, 0.2) is 5.76 Å². The Morgan fingerprint density at radius 2 is 1.85 bits per heavy atom. The minimum atomic E-state index is -1.06. The SMILES string of the molecule is COC(c1ccc(C(=O)NC(CCSC)C(=O)O)c(-c2ccccc2C)c1)c1cnc(-c2ccc(Cl)cc2)o1. The van der Waals surface area contributed by atoms with Gasteiger partial charge < -0.3 is 19.6 Å². The number of halogens is 1. The van der Waals surface area contributed by atoms with E-state index in [0.29, 0.717) is 40.0 Å². The van der Waals surface area contributed by atoms with E-state index in [-0.39, 0.29) is 0 Å². The van der Waals surface area contributed by atoms with Crippen LogP contribution < -0.4 is 5.32 Å². The second-order valence-corrected chi connectivity index (χ2v) is 10.4. The number of nitrogens with zero attached hydrogens (tertiary/aromatic N) is 1. The van der Waals surface area contributed by atoms with Gasteiger partial charge in [0, 0.05) is 23.3 Å². The summed E-state index contributed by atoms with van der Waals surface area (Å²) in [7, 11) is 1.58. The minimum absolute atomic E-state index is 0.327. The third kappa shape index (κ3) is 6.71. The first kappa shape index (κ1) is 28.4. The number of benzene rings is 3. The number of carboxylic acid groups (broad SMARTS) is 1. The van der Waals surface area contributed by atoms with Crippen molar-refractivity contribution in [3.05, 3.63) is 100 Å². The highest BCUT2D eigenvalue weighted by atomic mass is 35.5. The molecule has 202 valence electrons. The van der Waals surface area contributed by atoms with Crippen LogP contribution in [0.4, 0.5) is 0 Å². The lowest BCUT2D eigenvalue weighted by molar-refractivity contribution is -0.139. The van der Waals surface area contributed by atoms with Crippen molar-refractivity contribution in [3.63, 3.8) is 0 Å². The van der Waals surface area contributed by atoms with E-state index in [0.717, 1.165) is 22.3 Å². The summed E-state index contributed by atoms with van der Waals surface area (Å²) in [6.07, 6.45) is 3.25. The van der Waals surface area contributed by atoms with Crippen LogP contribution in [-0.4, -0.2) is 47.1 Å². The fourth-order valence-electron chi connectivity index (χ4n) is 4.30. The number of aromatic nitrogens is 1. The Kier molecular flexibility index (Phi) is 9.45. The van der Waals surface area contributed by atoms with E-state index < -0.39 is 24.0 Å². The van der Waals surface area contributed by atoms with Gasteiger partial charge in [0.25, 0.3) is 5.91 Å². The Hall–Kier alpha value is -3.59. The van der Waals surface area contributed by atoms with Crippen LogP contribution in [0, 0.1) is 6.92 Å². The van der Waals surface area contributed by atoms with E-state index in [1.807, 2.05) is 55.6 Å². The lowest BCUT2D eigenvalue weighted by atomic mass is 9.92. The van der Waals surface area contributed by atoms with Crippen LogP contribution in [0.5, 0.6) is 0 Å². The van der Waals surface area contributed by atoms with Crippen molar-refractivity contribution in [1.82, 2.24) is 10.3 Å². The molecule has 39 heavy (non-hydrogen) atoms. The largest absolute Gasteiger partial charge is 0.480 e. The van der Waals surface area contributed by atoms with Crippen molar-refractivity contribution in [3.8, 4) is 22.6 Å². The van der Waals surface area contributed by atoms with Gasteiger partial charge in [-0.2, -0.15) is 11.8 Å². The molecule has 0 aliphatic carbocycles. The summed E-state index contributed by atoms with van der Waals surface area (Å²) in [5.41, 5.74) is 4.40. The van der Waals surface area contributed by atoms with Crippen LogP contribution in [0.25, 0.3) is 22.6 Å². The molecule has 0 saturated heterocycles. The number of thioether (sulfide) groups is 1. The summed E-state index contributed by atoms with van der Waals surface area (Å²) in [6.45, 7) is 1.96. The van der Waals surface area contributed by atoms with Crippen molar-refractivity contribution in [2.45, 2.75) is 25.5 Å². The molecule has 2 unspecified atom stereocenters. The van der Waals surface area contributed by atoms with Crippen LogP contribution in [0.2, 0.25) is 5.02 Å². The van der Waals surface area contributed by atoms with Crippen molar-refractivity contribution in [1.29, 1.82) is 0 Å². The number of hydrogen-bond acceptors (Lipinski definition) is 6. The smallest absolute Gasteiger partial charge is 0.326 e. The Morgan fingerprint density at radius 3 is 2.51 bits per heavy atom. The lowest BCUT2D eigenvalue weighted by Crippen LogP contribution is -2.41. The van der Waals surface area contributed by atoms with Crippen molar-refractivity contribution in [2.24, 2.45) is 0 Å². The molecular formula is C30H29ClN2O5S. The number of rotatable bonds is 11. The number of aryl methyl sites for hydroxylation is 1. The van der Waals surface area contributed by atoms with E-state index in [9.17, 15) is 14.7 Å². The molecule has 2 atom stereocenters. The molecule has 4 aromatic rings. The molecule has 7 nitrogen and oxygen atoms in total. The second kappa shape index (κ2) is 13.0. The average Bonchev–Trinajstić information content (AvgIpc) is 3.41. The quantitative estimate of drug-likeness (QED) is 0.210. The van der Waals surface area contributed by atoms with Crippen LogP contribution >= 0.6 is 23.4 Å². The average molecular weight is 565 g/mol. The zero-order valence-electron chi connectivity index (χ0n) is 21.8. The number of carboxylic acids is 1. The van der Waals surface area contributed by atoms with Crippen LogP contribution in [0.15, 0.2) is 77.3 Å². The lowest BCUT2D eigenvalue weighted by Gasteiger charge is -2.19. The number of carbonyl (C=O) groups is 2. The number of carbonyl (C=O) groups excluding carboxylic acids is 1. The van der Waals surface area contributed by atoms with Crippen molar-refractivity contribution in [2.75, 3.05) is 19.1 Å². The van der Waals surface area contributed by atoms with Crippen LogP contribution in [0.3, 0.4) is 0 Å². The molecular weight excluding hydrogens is 536 g/mol. The number of amides is 1. The molecule has 0 fully saturated rings. The van der Waals surface area contributed by atoms with Gasteiger partial charge >= 0.3 is 5.97 Å². The maximum Gasteiger partial charge on any atom is 0.326 e. The molecule has 0 saturated carbocycles. The highest BCUT2D eigenvalue weighted by molar-refractivity contribution is 7.98. The number of oxazole rings is 1. The summed E-state index contributed by atoms with van der Waals surface area (Å²) in [4.78, 5) is 29.6. The fraction of sp³-hybridized carbons (Fsp3) is 0.233. The molecule has 0 radical (unpaired) electrons. The van der Waals surface area contributed by atoms with E-state index in [1.165, 1.54) is 11.8 Å². The highest BCUT2D eigenvalue weighted by Gasteiger charge is 2.25. The fourth-order valence-corrected chi connectivity index (χ4v) is 4.90. The molecule has 1 heterocycles. The predicted octanol–water partition coefficient (Wildman–Crippen LogP) is 6.64. The van der Waals surface area contributed by atoms with Gasteiger partial charge in [-0.1, -0.05) is 41.9 Å². The zero-order chi connectivity index (χ0) is 27.9. The van der Waals surface area contributed by atoms with Crippen LogP contribution in [0.1, 0.15) is 39.8 Å². The molecule has 3 aromatic carbocycles. The summed E-state index contributed by atoms with van der Waals surface area (Å²) in [5, 5.41) is 12.9. The highest BCUT2D eigenvalue weighted by Crippen LogP contribution is 2.34. The first-order valence-corrected chi connectivity index (χ1v) is 14.1. The summed E-state index contributed by atoms with van der Waals surface area (Å²) in [5.74, 6) is 0.0350. The van der Waals surface area contributed by atoms with E-state index in [4.69, 9.17) is 20.8 Å². The number of hydrogen-bond donors (Lipinski definition) is 2. The van der Waals surface area contributed by atoms with E-state index in [2.05, 4.69) is 10.3 Å². The number of methoxy groups -OCH3 is 1. The van der Waals surface area contributed by atoms with Gasteiger partial charge in [0.1, 0.15) is 12.1 Å². The summed E-state index contributed by atoms with van der Waals surface area (Å²) >= 11 is 7.53. The first-order chi connectivity index (χ1) is 18.8. The normalized spacial score (nSPS) is 12.6. The van der Waals surface area contributed by atoms with Gasteiger partial charge in [0.2, 0.25) is 5.89 Å². The maximum absolute atomic E-state index is 13.4. The molecule has 1 aromatic heterocycles. The molecule has 1 amide bonds. The third-order valence-corrected chi connectivity index (χ3v) is 7.25. The third-order valence-electron chi connectivity index (χ3n) is 6.35. The minimum Gasteiger partial charge on any atom is -0.480 e. The van der Waals surface area contributed by atoms with Gasteiger partial charge in [-0.3, -0.25) is 4.79 Å². The second-order valence-electron chi connectivity index (χ2n) is 8.96. The molecule has 0 aliphatic heterocycles. The van der Waals surface area contributed by atoms with Gasteiger partial charge in [-0.25, -0.2) is 9.78 Å². The van der Waals surface area contributed by atoms with Crippen LogP contribution in [-0.2, 0) is 9.53 Å². The summed E-state index contributed by atoms with van der Waals surface area (Å²) in [6, 6.07) is 19.3. The maximum atomic E-state index is 13.4. The molecule has 0 aliphatic rings. The first-order valence-electron chi connectivity index (χ1n) is 12.3. The van der Waals surface area contributed by atoms with Gasteiger partial charge in [-0.05, 0) is 84.0 Å². The Bertz CT molecular complexity index is 1450. The summed E-state index contributed by atoms with van der Waals surface area (Å²) < 4.78 is 11.9. The van der Waals surface area contributed by atoms with E-state index >= 15 is 0 Å².